The molecule has 0 aliphatic rings. The van der Waals surface area contributed by atoms with Crippen molar-refractivity contribution < 1.29 is 4.74 Å². The van der Waals surface area contributed by atoms with Crippen LogP contribution in [0.15, 0.2) is 30.3 Å². The SMILES string of the molecule is CCNCC(c1ccccc1)N(C)CCOCC. The number of likely N-dealkylation sites (N-methyl/N-ethyl adjacent to an activating group) is 2. The van der Waals surface area contributed by atoms with Gasteiger partial charge in [0.15, 0.2) is 0 Å². The molecule has 1 aromatic carbocycles. The van der Waals surface area contributed by atoms with Crippen molar-refractivity contribution in [1.29, 1.82) is 0 Å². The van der Waals surface area contributed by atoms with Crippen molar-refractivity contribution in [2.75, 3.05) is 39.9 Å². The molecule has 18 heavy (non-hydrogen) atoms. The summed E-state index contributed by atoms with van der Waals surface area (Å²) in [7, 11) is 2.16. The second-order valence-electron chi connectivity index (χ2n) is 4.41. The minimum Gasteiger partial charge on any atom is -0.380 e. The molecule has 0 heterocycles. The van der Waals surface area contributed by atoms with E-state index in [4.69, 9.17) is 4.74 Å². The maximum Gasteiger partial charge on any atom is 0.0593 e. The Morgan fingerprint density at radius 1 is 1.22 bits per heavy atom. The van der Waals surface area contributed by atoms with Gasteiger partial charge in [0, 0.05) is 25.7 Å². The molecule has 3 heteroatoms. The Hall–Kier alpha value is -0.900. The van der Waals surface area contributed by atoms with E-state index in [0.29, 0.717) is 6.04 Å². The van der Waals surface area contributed by atoms with Gasteiger partial charge in [-0.2, -0.15) is 0 Å². The summed E-state index contributed by atoms with van der Waals surface area (Å²) < 4.78 is 5.43. The van der Waals surface area contributed by atoms with Crippen molar-refractivity contribution in [3.63, 3.8) is 0 Å². The second kappa shape index (κ2) is 9.09. The highest BCUT2D eigenvalue weighted by Gasteiger charge is 2.15. The van der Waals surface area contributed by atoms with E-state index in [-0.39, 0.29) is 0 Å². The first-order chi connectivity index (χ1) is 8.79. The Balaban J connectivity index is 2.59. The lowest BCUT2D eigenvalue weighted by Gasteiger charge is -2.28. The van der Waals surface area contributed by atoms with Gasteiger partial charge in [0.2, 0.25) is 0 Å². The fourth-order valence-electron chi connectivity index (χ4n) is 1.99. The molecule has 1 N–H and O–H groups in total. The third kappa shape index (κ3) is 5.17. The quantitative estimate of drug-likeness (QED) is 0.681. The molecule has 0 spiro atoms. The van der Waals surface area contributed by atoms with E-state index in [1.807, 2.05) is 6.92 Å². The highest BCUT2D eigenvalue weighted by atomic mass is 16.5. The highest BCUT2D eigenvalue weighted by Crippen LogP contribution is 2.17. The third-order valence-corrected chi connectivity index (χ3v) is 3.10. The first-order valence-electron chi connectivity index (χ1n) is 6.83. The summed E-state index contributed by atoms with van der Waals surface area (Å²) in [4.78, 5) is 2.35. The van der Waals surface area contributed by atoms with Crippen molar-refractivity contribution in [2.24, 2.45) is 0 Å². The molecule has 0 radical (unpaired) electrons. The van der Waals surface area contributed by atoms with E-state index in [1.54, 1.807) is 0 Å². The number of nitrogens with one attached hydrogen (secondary N) is 1. The second-order valence-corrected chi connectivity index (χ2v) is 4.41. The van der Waals surface area contributed by atoms with E-state index in [1.165, 1.54) is 5.56 Å². The van der Waals surface area contributed by atoms with Crippen LogP contribution in [0, 0.1) is 0 Å². The molecule has 0 saturated carbocycles. The van der Waals surface area contributed by atoms with Crippen molar-refractivity contribution >= 4 is 0 Å². The van der Waals surface area contributed by atoms with Crippen LogP contribution in [-0.2, 0) is 4.74 Å². The average molecular weight is 250 g/mol. The van der Waals surface area contributed by atoms with Gasteiger partial charge in [0.05, 0.1) is 6.61 Å². The predicted octanol–water partition coefficient (Wildman–Crippen LogP) is 2.31. The summed E-state index contributed by atoms with van der Waals surface area (Å²) in [6, 6.07) is 11.1. The maximum atomic E-state index is 5.43. The van der Waals surface area contributed by atoms with Crippen molar-refractivity contribution in [2.45, 2.75) is 19.9 Å². The zero-order chi connectivity index (χ0) is 13.2. The molecule has 1 rings (SSSR count). The topological polar surface area (TPSA) is 24.5 Å². The molecule has 0 aliphatic heterocycles. The number of nitrogens with zero attached hydrogens (tertiary/aromatic N) is 1. The van der Waals surface area contributed by atoms with Crippen LogP contribution in [-0.4, -0.2) is 44.8 Å². The van der Waals surface area contributed by atoms with Gasteiger partial charge in [-0.3, -0.25) is 4.90 Å². The van der Waals surface area contributed by atoms with Crippen LogP contribution in [0.1, 0.15) is 25.5 Å². The lowest BCUT2D eigenvalue weighted by molar-refractivity contribution is 0.107. The molecule has 0 amide bonds. The lowest BCUT2D eigenvalue weighted by Crippen LogP contribution is -2.35. The number of ether oxygens (including phenoxy) is 1. The fraction of sp³-hybridized carbons (Fsp3) is 0.600. The van der Waals surface area contributed by atoms with Gasteiger partial charge in [-0.25, -0.2) is 0 Å². The third-order valence-electron chi connectivity index (χ3n) is 3.10. The summed E-state index contributed by atoms with van der Waals surface area (Å²) in [5, 5.41) is 3.44. The van der Waals surface area contributed by atoms with E-state index in [9.17, 15) is 0 Å². The zero-order valence-corrected chi connectivity index (χ0v) is 11.9. The normalized spacial score (nSPS) is 12.9. The predicted molar refractivity (Wildman–Crippen MR) is 76.8 cm³/mol. The lowest BCUT2D eigenvalue weighted by atomic mass is 10.1. The molecule has 0 aliphatic carbocycles. The van der Waals surface area contributed by atoms with Gasteiger partial charge >= 0.3 is 0 Å². The Bertz CT molecular complexity index is 303. The minimum absolute atomic E-state index is 0.409. The van der Waals surface area contributed by atoms with Gasteiger partial charge in [0.1, 0.15) is 0 Å². The van der Waals surface area contributed by atoms with Crippen LogP contribution < -0.4 is 5.32 Å². The van der Waals surface area contributed by atoms with Gasteiger partial charge in [0.25, 0.3) is 0 Å². The molecule has 0 fully saturated rings. The van der Waals surface area contributed by atoms with Crippen molar-refractivity contribution in [1.82, 2.24) is 10.2 Å². The summed E-state index contributed by atoms with van der Waals surface area (Å²) >= 11 is 0. The molecular weight excluding hydrogens is 224 g/mol. The largest absolute Gasteiger partial charge is 0.380 e. The molecule has 1 atom stereocenters. The summed E-state index contributed by atoms with van der Waals surface area (Å²) in [6.07, 6.45) is 0. The smallest absolute Gasteiger partial charge is 0.0593 e. The van der Waals surface area contributed by atoms with Gasteiger partial charge in [-0.1, -0.05) is 37.3 Å². The fourth-order valence-corrected chi connectivity index (χ4v) is 1.99. The van der Waals surface area contributed by atoms with E-state index in [2.05, 4.69) is 54.5 Å². The van der Waals surface area contributed by atoms with E-state index < -0.39 is 0 Å². The van der Waals surface area contributed by atoms with E-state index >= 15 is 0 Å². The maximum absolute atomic E-state index is 5.43. The number of rotatable bonds is 9. The number of hydrogen-bond donors (Lipinski definition) is 1. The molecule has 0 saturated heterocycles. The van der Waals surface area contributed by atoms with Crippen LogP contribution in [0.4, 0.5) is 0 Å². The Morgan fingerprint density at radius 3 is 2.56 bits per heavy atom. The molecule has 102 valence electrons. The standard InChI is InChI=1S/C15H26N2O/c1-4-16-13-15(14-9-7-6-8-10-14)17(3)11-12-18-5-2/h6-10,15-16H,4-5,11-13H2,1-3H3. The average Bonchev–Trinajstić information content (AvgIpc) is 2.41. The Labute approximate surface area is 111 Å². The summed E-state index contributed by atoms with van der Waals surface area (Å²) in [5.41, 5.74) is 1.36. The Kier molecular flexibility index (Phi) is 7.65. The summed E-state index contributed by atoms with van der Waals surface area (Å²) in [6.45, 7) is 8.69. The van der Waals surface area contributed by atoms with Gasteiger partial charge in [-0.15, -0.1) is 0 Å². The summed E-state index contributed by atoms with van der Waals surface area (Å²) in [5.74, 6) is 0. The highest BCUT2D eigenvalue weighted by molar-refractivity contribution is 5.19. The first kappa shape index (κ1) is 15.2. The molecular formula is C15H26N2O. The molecule has 3 nitrogen and oxygen atoms in total. The molecule has 0 aromatic heterocycles. The number of benzene rings is 1. The molecule has 1 aromatic rings. The van der Waals surface area contributed by atoms with Crippen LogP contribution in [0.5, 0.6) is 0 Å². The van der Waals surface area contributed by atoms with Gasteiger partial charge in [-0.05, 0) is 26.1 Å². The zero-order valence-electron chi connectivity index (χ0n) is 11.9. The molecule has 0 bridgehead atoms. The Morgan fingerprint density at radius 2 is 1.94 bits per heavy atom. The monoisotopic (exact) mass is 250 g/mol. The van der Waals surface area contributed by atoms with Crippen LogP contribution in [0.25, 0.3) is 0 Å². The van der Waals surface area contributed by atoms with Crippen LogP contribution in [0.2, 0.25) is 0 Å². The van der Waals surface area contributed by atoms with E-state index in [0.717, 1.165) is 32.8 Å². The van der Waals surface area contributed by atoms with Crippen LogP contribution >= 0.6 is 0 Å². The molecule has 1 unspecified atom stereocenters. The number of hydrogen-bond acceptors (Lipinski definition) is 3. The van der Waals surface area contributed by atoms with Crippen LogP contribution in [0.3, 0.4) is 0 Å². The van der Waals surface area contributed by atoms with Crippen molar-refractivity contribution in [3.05, 3.63) is 35.9 Å². The minimum atomic E-state index is 0.409. The van der Waals surface area contributed by atoms with Crippen molar-refractivity contribution in [3.8, 4) is 0 Å². The first-order valence-corrected chi connectivity index (χ1v) is 6.83. The van der Waals surface area contributed by atoms with Gasteiger partial charge < -0.3 is 10.1 Å².